The predicted octanol–water partition coefficient (Wildman–Crippen LogP) is 5.01. The topological polar surface area (TPSA) is 214 Å². The summed E-state index contributed by atoms with van der Waals surface area (Å²) < 4.78 is 34.0. The summed E-state index contributed by atoms with van der Waals surface area (Å²) in [5, 5.41) is 71.8. The van der Waals surface area contributed by atoms with Crippen LogP contribution in [-0.2, 0) is 33.2 Å². The summed E-state index contributed by atoms with van der Waals surface area (Å²) in [7, 11) is 0. The molecule has 11 atom stereocenters. The minimum atomic E-state index is -1.72. The van der Waals surface area contributed by atoms with Crippen LogP contribution in [0.3, 0.4) is 0 Å². The van der Waals surface area contributed by atoms with E-state index in [1.54, 1.807) is 0 Å². The molecule has 0 aromatic rings. The van der Waals surface area contributed by atoms with Gasteiger partial charge in [-0.3, -0.25) is 4.79 Å². The third-order valence-corrected chi connectivity index (χ3v) is 10.3. The molecule has 0 aliphatic carbocycles. The molecule has 0 aromatic carbocycles. The molecule has 2 fully saturated rings. The number of hydrogen-bond acceptors (Lipinski definition) is 14. The van der Waals surface area contributed by atoms with Gasteiger partial charge in [0.15, 0.2) is 12.6 Å². The molecule has 0 amide bonds. The van der Waals surface area contributed by atoms with Crippen LogP contribution < -0.4 is 0 Å². The van der Waals surface area contributed by atoms with Gasteiger partial charge in [-0.25, -0.2) is 0 Å². The highest BCUT2D eigenvalue weighted by atomic mass is 16.7. The van der Waals surface area contributed by atoms with Gasteiger partial charge in [0, 0.05) is 13.0 Å². The molecular formula is C46H78O14. The van der Waals surface area contributed by atoms with E-state index in [1.807, 2.05) is 0 Å². The van der Waals surface area contributed by atoms with Gasteiger partial charge in [-0.05, 0) is 70.6 Å². The summed E-state index contributed by atoms with van der Waals surface area (Å²) in [6.07, 6.45) is 21.6. The minimum absolute atomic E-state index is 0.0174. The molecule has 2 heterocycles. The third kappa shape index (κ3) is 22.7. The van der Waals surface area contributed by atoms with Crippen LogP contribution in [0.5, 0.6) is 0 Å². The first-order valence-corrected chi connectivity index (χ1v) is 22.4. The molecule has 0 aromatic heterocycles. The third-order valence-electron chi connectivity index (χ3n) is 10.3. The molecule has 14 heteroatoms. The van der Waals surface area contributed by atoms with E-state index < -0.39 is 86.7 Å². The molecule has 60 heavy (non-hydrogen) atoms. The zero-order valence-corrected chi connectivity index (χ0v) is 36.2. The second-order valence-electron chi connectivity index (χ2n) is 15.5. The summed E-state index contributed by atoms with van der Waals surface area (Å²) in [6.45, 7) is 3.34. The summed E-state index contributed by atoms with van der Waals surface area (Å²) in [4.78, 5) is 12.9. The average Bonchev–Trinajstić information content (AvgIpc) is 3.24. The van der Waals surface area contributed by atoms with Crippen molar-refractivity contribution in [3.8, 4) is 0 Å². The van der Waals surface area contributed by atoms with Crippen molar-refractivity contribution in [2.75, 3.05) is 33.0 Å². The quantitative estimate of drug-likeness (QED) is 0.0263. The van der Waals surface area contributed by atoms with Crippen molar-refractivity contribution >= 4 is 5.97 Å². The lowest BCUT2D eigenvalue weighted by Crippen LogP contribution is -2.61. The summed E-state index contributed by atoms with van der Waals surface area (Å²) in [6, 6.07) is 0. The first-order chi connectivity index (χ1) is 29.1. The molecule has 2 saturated heterocycles. The standard InChI is InChI=1S/C46H78O14/c1-3-5-7-9-11-13-15-17-18-20-22-24-26-28-30-55-32-35(58-38(48)29-27-25-23-21-19-16-14-12-10-8-6-4-2)33-56-45-44(54)42(52)40(50)37(60-45)34-57-46-43(53)41(51)39(49)36(31-47)59-46/h5,7,11-14,17-18,22,24,35-37,39-47,49-54H,3-4,6,8-10,15-16,19-21,23,25-34H2,1-2H3/b7-5-,13-11-,14-12-,18-17-,24-22-. The van der Waals surface area contributed by atoms with E-state index >= 15 is 0 Å². The van der Waals surface area contributed by atoms with Crippen LogP contribution in [0.2, 0.25) is 0 Å². The Kier molecular flexibility index (Phi) is 30.7. The average molecular weight is 855 g/mol. The number of esters is 1. The zero-order chi connectivity index (χ0) is 43.8. The largest absolute Gasteiger partial charge is 0.457 e. The second kappa shape index (κ2) is 34.2. The first-order valence-electron chi connectivity index (χ1n) is 22.4. The SMILES string of the molecule is CC/C=C\C/C=C\C/C=C\C/C=C\CCCOCC(COC1OC(COC2OC(CO)C(O)C(O)C2O)C(O)C(O)C1O)OC(=O)CCCCCCC/C=C\CCCCC. The van der Waals surface area contributed by atoms with Crippen LogP contribution in [0.25, 0.3) is 0 Å². The lowest BCUT2D eigenvalue weighted by molar-refractivity contribution is -0.332. The predicted molar refractivity (Wildman–Crippen MR) is 229 cm³/mol. The highest BCUT2D eigenvalue weighted by Gasteiger charge is 2.47. The lowest BCUT2D eigenvalue weighted by atomic mass is 9.98. The Morgan fingerprint density at radius 3 is 1.72 bits per heavy atom. The van der Waals surface area contributed by atoms with Gasteiger partial charge in [0.25, 0.3) is 0 Å². The molecule has 7 N–H and O–H groups in total. The Morgan fingerprint density at radius 1 is 0.567 bits per heavy atom. The molecule has 0 bridgehead atoms. The van der Waals surface area contributed by atoms with Gasteiger partial charge in [0.05, 0.1) is 26.4 Å². The van der Waals surface area contributed by atoms with Gasteiger partial charge in [0.2, 0.25) is 0 Å². The van der Waals surface area contributed by atoms with E-state index in [0.29, 0.717) is 13.0 Å². The maximum atomic E-state index is 12.9. The molecule has 2 aliphatic rings. The van der Waals surface area contributed by atoms with E-state index in [9.17, 15) is 40.5 Å². The monoisotopic (exact) mass is 855 g/mol. The molecule has 14 nitrogen and oxygen atoms in total. The summed E-state index contributed by atoms with van der Waals surface area (Å²) in [5.74, 6) is -0.409. The number of aliphatic hydroxyl groups is 7. The van der Waals surface area contributed by atoms with E-state index in [2.05, 4.69) is 74.6 Å². The van der Waals surface area contributed by atoms with Crippen LogP contribution >= 0.6 is 0 Å². The molecule has 2 rings (SSSR count). The van der Waals surface area contributed by atoms with Crippen LogP contribution in [0.15, 0.2) is 60.8 Å². The molecule has 0 saturated carbocycles. The van der Waals surface area contributed by atoms with E-state index in [4.69, 9.17) is 28.4 Å². The highest BCUT2D eigenvalue weighted by molar-refractivity contribution is 5.69. The Morgan fingerprint density at radius 2 is 1.08 bits per heavy atom. The fraction of sp³-hybridized carbons (Fsp3) is 0.761. The zero-order valence-electron chi connectivity index (χ0n) is 36.2. The Hall–Kier alpha value is -2.31. The van der Waals surface area contributed by atoms with Gasteiger partial charge < -0.3 is 64.2 Å². The van der Waals surface area contributed by atoms with Crippen molar-refractivity contribution in [2.45, 2.75) is 191 Å². The molecular weight excluding hydrogens is 776 g/mol. The van der Waals surface area contributed by atoms with Crippen LogP contribution in [0, 0.1) is 0 Å². The minimum Gasteiger partial charge on any atom is -0.457 e. The Bertz CT molecular complexity index is 1220. The number of hydrogen-bond donors (Lipinski definition) is 7. The number of rotatable bonds is 33. The number of carbonyl (C=O) groups is 1. The van der Waals surface area contributed by atoms with E-state index in [0.717, 1.165) is 77.0 Å². The van der Waals surface area contributed by atoms with Crippen molar-refractivity contribution in [1.82, 2.24) is 0 Å². The summed E-state index contributed by atoms with van der Waals surface area (Å²) in [5.41, 5.74) is 0. The Labute approximate surface area is 358 Å². The van der Waals surface area contributed by atoms with Crippen molar-refractivity contribution in [2.24, 2.45) is 0 Å². The van der Waals surface area contributed by atoms with Gasteiger partial charge in [-0.15, -0.1) is 0 Å². The number of unbranched alkanes of at least 4 members (excludes halogenated alkanes) is 9. The van der Waals surface area contributed by atoms with E-state index in [-0.39, 0.29) is 19.6 Å². The van der Waals surface area contributed by atoms with Gasteiger partial charge in [0.1, 0.15) is 54.9 Å². The summed E-state index contributed by atoms with van der Waals surface area (Å²) >= 11 is 0. The molecule has 2 aliphatic heterocycles. The molecule has 11 unspecified atom stereocenters. The number of carbonyl (C=O) groups excluding carboxylic acids is 1. The van der Waals surface area contributed by atoms with Gasteiger partial charge in [-0.1, -0.05) is 107 Å². The maximum Gasteiger partial charge on any atom is 0.306 e. The number of aliphatic hydroxyl groups excluding tert-OH is 7. The highest BCUT2D eigenvalue weighted by Crippen LogP contribution is 2.26. The fourth-order valence-electron chi connectivity index (χ4n) is 6.58. The molecule has 0 spiro atoms. The van der Waals surface area contributed by atoms with Crippen molar-refractivity contribution in [3.63, 3.8) is 0 Å². The first kappa shape index (κ1) is 53.8. The van der Waals surface area contributed by atoms with Crippen LogP contribution in [-0.4, -0.2) is 142 Å². The Balaban J connectivity index is 1.86. The number of ether oxygens (including phenoxy) is 6. The number of allylic oxidation sites excluding steroid dienone is 10. The smallest absolute Gasteiger partial charge is 0.306 e. The van der Waals surface area contributed by atoms with Crippen molar-refractivity contribution in [3.05, 3.63) is 60.8 Å². The van der Waals surface area contributed by atoms with E-state index in [1.165, 1.54) is 19.3 Å². The van der Waals surface area contributed by atoms with Gasteiger partial charge in [-0.2, -0.15) is 0 Å². The fourth-order valence-corrected chi connectivity index (χ4v) is 6.58. The van der Waals surface area contributed by atoms with Crippen LogP contribution in [0.4, 0.5) is 0 Å². The van der Waals surface area contributed by atoms with Crippen molar-refractivity contribution in [1.29, 1.82) is 0 Å². The lowest BCUT2D eigenvalue weighted by Gasteiger charge is -2.42. The van der Waals surface area contributed by atoms with Crippen LogP contribution in [0.1, 0.15) is 123 Å². The van der Waals surface area contributed by atoms with Gasteiger partial charge >= 0.3 is 5.97 Å². The normalized spacial score (nSPS) is 28.3. The molecule has 0 radical (unpaired) electrons. The molecule has 346 valence electrons. The van der Waals surface area contributed by atoms with Crippen molar-refractivity contribution < 1.29 is 69.0 Å². The maximum absolute atomic E-state index is 12.9. The second-order valence-corrected chi connectivity index (χ2v) is 15.5.